The van der Waals surface area contributed by atoms with Crippen LogP contribution in [-0.2, 0) is 28.6 Å². The minimum absolute atomic E-state index is 0.0615. The average Bonchev–Trinajstić information content (AvgIpc) is 2.89. The number of esters is 3. The number of unbranched alkanes of at least 4 members (excludes halogenated alkanes) is 2. The van der Waals surface area contributed by atoms with Gasteiger partial charge in [0.05, 0.1) is 11.8 Å². The standard InChI is InChI=1S/C29H46O6/c1-3-5-6-7-21-8-10-22(11-9-21)23-16-18-26(19-17-23)35-29(32)25-14-12-24(13-15-25)28(31)34-20-33-27(30)4-2/h4,21-26H,2-3,5-20H2,1H3. The minimum atomic E-state index is -0.622. The second kappa shape index (κ2) is 14.6. The minimum Gasteiger partial charge on any atom is -0.462 e. The van der Waals surface area contributed by atoms with Crippen LogP contribution in [0.5, 0.6) is 0 Å². The van der Waals surface area contributed by atoms with Crippen LogP contribution in [0.2, 0.25) is 0 Å². The summed E-state index contributed by atoms with van der Waals surface area (Å²) >= 11 is 0. The van der Waals surface area contributed by atoms with Crippen molar-refractivity contribution in [3.63, 3.8) is 0 Å². The van der Waals surface area contributed by atoms with Crippen LogP contribution >= 0.6 is 0 Å². The Morgan fingerprint density at radius 1 is 0.743 bits per heavy atom. The Labute approximate surface area is 211 Å². The predicted molar refractivity (Wildman–Crippen MR) is 134 cm³/mol. The molecule has 0 heterocycles. The monoisotopic (exact) mass is 490 g/mol. The van der Waals surface area contributed by atoms with Gasteiger partial charge < -0.3 is 14.2 Å². The number of carbonyl (C=O) groups excluding carboxylic acids is 3. The van der Waals surface area contributed by atoms with E-state index in [0.29, 0.717) is 25.7 Å². The number of carbonyl (C=O) groups is 3. The van der Waals surface area contributed by atoms with E-state index in [1.165, 1.54) is 64.2 Å². The molecule has 0 unspecified atom stereocenters. The van der Waals surface area contributed by atoms with Crippen molar-refractivity contribution in [3.8, 4) is 0 Å². The van der Waals surface area contributed by atoms with Crippen LogP contribution in [0.15, 0.2) is 12.7 Å². The molecule has 3 aliphatic carbocycles. The first-order valence-corrected chi connectivity index (χ1v) is 14.2. The van der Waals surface area contributed by atoms with Crippen LogP contribution in [0.1, 0.15) is 110 Å². The molecule has 0 atom stereocenters. The first kappa shape index (κ1) is 27.7. The van der Waals surface area contributed by atoms with Gasteiger partial charge in [0.25, 0.3) is 0 Å². The van der Waals surface area contributed by atoms with Gasteiger partial charge in [-0.05, 0) is 82.0 Å². The van der Waals surface area contributed by atoms with E-state index >= 15 is 0 Å². The van der Waals surface area contributed by atoms with Crippen molar-refractivity contribution in [1.29, 1.82) is 0 Å². The molecule has 0 radical (unpaired) electrons. The Bertz CT molecular complexity index is 679. The van der Waals surface area contributed by atoms with Crippen molar-refractivity contribution in [2.75, 3.05) is 6.79 Å². The molecule has 6 heteroatoms. The van der Waals surface area contributed by atoms with E-state index < -0.39 is 12.8 Å². The summed E-state index contributed by atoms with van der Waals surface area (Å²) in [6.45, 7) is 5.18. The highest BCUT2D eigenvalue weighted by molar-refractivity contribution is 5.81. The SMILES string of the molecule is C=CC(=O)OCOC(=O)C1CCC(C(=O)OC2CCC(C3CCC(CCCCC)CC3)CC2)CC1. The molecule has 3 aliphatic rings. The molecule has 3 rings (SSSR count). The third-order valence-electron chi connectivity index (χ3n) is 8.74. The van der Waals surface area contributed by atoms with Gasteiger partial charge in [0.1, 0.15) is 6.10 Å². The predicted octanol–water partition coefficient (Wildman–Crippen LogP) is 6.51. The second-order valence-electron chi connectivity index (χ2n) is 11.0. The van der Waals surface area contributed by atoms with Crippen LogP contribution in [0, 0.1) is 29.6 Å². The number of rotatable bonds is 11. The summed E-state index contributed by atoms with van der Waals surface area (Å²) in [5, 5.41) is 0. The molecular formula is C29H46O6. The van der Waals surface area contributed by atoms with Gasteiger partial charge in [-0.2, -0.15) is 0 Å². The third-order valence-corrected chi connectivity index (χ3v) is 8.74. The van der Waals surface area contributed by atoms with Crippen molar-refractivity contribution >= 4 is 17.9 Å². The molecule has 198 valence electrons. The van der Waals surface area contributed by atoms with E-state index in [2.05, 4.69) is 13.5 Å². The molecule has 6 nitrogen and oxygen atoms in total. The highest BCUT2D eigenvalue weighted by atomic mass is 16.7. The van der Waals surface area contributed by atoms with Crippen LogP contribution in [0.3, 0.4) is 0 Å². The summed E-state index contributed by atoms with van der Waals surface area (Å²) in [6, 6.07) is 0. The molecule has 0 amide bonds. The molecule has 0 N–H and O–H groups in total. The molecule has 3 fully saturated rings. The Balaban J connectivity index is 1.28. The van der Waals surface area contributed by atoms with Crippen LogP contribution in [-0.4, -0.2) is 30.8 Å². The van der Waals surface area contributed by atoms with Gasteiger partial charge in [-0.25, -0.2) is 4.79 Å². The topological polar surface area (TPSA) is 78.9 Å². The van der Waals surface area contributed by atoms with Crippen LogP contribution < -0.4 is 0 Å². The van der Waals surface area contributed by atoms with Gasteiger partial charge in [-0.3, -0.25) is 9.59 Å². The van der Waals surface area contributed by atoms with Crippen molar-refractivity contribution < 1.29 is 28.6 Å². The third kappa shape index (κ3) is 8.95. The van der Waals surface area contributed by atoms with Crippen molar-refractivity contribution in [2.45, 2.75) is 116 Å². The van der Waals surface area contributed by atoms with Gasteiger partial charge in [0.2, 0.25) is 6.79 Å². The van der Waals surface area contributed by atoms with Gasteiger partial charge in [0, 0.05) is 6.08 Å². The number of hydrogen-bond acceptors (Lipinski definition) is 6. The van der Waals surface area contributed by atoms with E-state index in [1.54, 1.807) is 0 Å². The summed E-state index contributed by atoms with van der Waals surface area (Å²) in [6.07, 6.45) is 19.1. The van der Waals surface area contributed by atoms with E-state index in [-0.39, 0.29) is 29.9 Å². The summed E-state index contributed by atoms with van der Waals surface area (Å²) in [4.78, 5) is 35.9. The zero-order chi connectivity index (χ0) is 25.0. The molecular weight excluding hydrogens is 444 g/mol. The van der Waals surface area contributed by atoms with Crippen molar-refractivity contribution in [3.05, 3.63) is 12.7 Å². The van der Waals surface area contributed by atoms with E-state index in [1.807, 2.05) is 0 Å². The second-order valence-corrected chi connectivity index (χ2v) is 11.0. The Morgan fingerprint density at radius 3 is 1.89 bits per heavy atom. The molecule has 0 spiro atoms. The summed E-state index contributed by atoms with van der Waals surface area (Å²) in [5.41, 5.74) is 0. The highest BCUT2D eigenvalue weighted by Gasteiger charge is 2.35. The van der Waals surface area contributed by atoms with Crippen molar-refractivity contribution in [2.24, 2.45) is 29.6 Å². The summed E-state index contributed by atoms with van der Waals surface area (Å²) in [5.74, 6) is 1.19. The molecule has 3 saturated carbocycles. The first-order chi connectivity index (χ1) is 17.0. The lowest BCUT2D eigenvalue weighted by Gasteiger charge is -2.38. The maximum absolute atomic E-state index is 12.7. The number of ether oxygens (including phenoxy) is 3. The smallest absolute Gasteiger partial charge is 0.333 e. The lowest BCUT2D eigenvalue weighted by Crippen LogP contribution is -2.33. The fourth-order valence-corrected chi connectivity index (χ4v) is 6.46. The number of hydrogen-bond donors (Lipinski definition) is 0. The largest absolute Gasteiger partial charge is 0.462 e. The fraction of sp³-hybridized carbons (Fsp3) is 0.828. The van der Waals surface area contributed by atoms with Crippen LogP contribution in [0.25, 0.3) is 0 Å². The molecule has 0 bridgehead atoms. The molecule has 0 aromatic carbocycles. The Hall–Kier alpha value is -1.85. The Kier molecular flexibility index (Phi) is 11.6. The highest BCUT2D eigenvalue weighted by Crippen LogP contribution is 2.42. The quantitative estimate of drug-likeness (QED) is 0.142. The first-order valence-electron chi connectivity index (χ1n) is 14.2. The lowest BCUT2D eigenvalue weighted by molar-refractivity contribution is -0.170. The normalized spacial score (nSPS) is 31.2. The van der Waals surface area contributed by atoms with E-state index in [9.17, 15) is 14.4 Å². The van der Waals surface area contributed by atoms with E-state index in [0.717, 1.165) is 36.7 Å². The maximum Gasteiger partial charge on any atom is 0.333 e. The summed E-state index contributed by atoms with van der Waals surface area (Å²) < 4.78 is 15.6. The average molecular weight is 491 g/mol. The Morgan fingerprint density at radius 2 is 1.31 bits per heavy atom. The van der Waals surface area contributed by atoms with Crippen molar-refractivity contribution in [1.82, 2.24) is 0 Å². The molecule has 0 aromatic heterocycles. The zero-order valence-corrected chi connectivity index (χ0v) is 21.7. The maximum atomic E-state index is 12.7. The molecule has 0 aliphatic heterocycles. The molecule has 0 aromatic rings. The van der Waals surface area contributed by atoms with Crippen LogP contribution in [0.4, 0.5) is 0 Å². The lowest BCUT2D eigenvalue weighted by atomic mass is 9.70. The summed E-state index contributed by atoms with van der Waals surface area (Å²) in [7, 11) is 0. The molecule has 0 saturated heterocycles. The zero-order valence-electron chi connectivity index (χ0n) is 21.7. The van der Waals surface area contributed by atoms with Gasteiger partial charge in [-0.1, -0.05) is 52.0 Å². The van der Waals surface area contributed by atoms with E-state index in [4.69, 9.17) is 14.2 Å². The molecule has 35 heavy (non-hydrogen) atoms. The fourth-order valence-electron chi connectivity index (χ4n) is 6.46. The van der Waals surface area contributed by atoms with Gasteiger partial charge >= 0.3 is 17.9 Å². The van der Waals surface area contributed by atoms with Gasteiger partial charge in [-0.15, -0.1) is 0 Å². The van der Waals surface area contributed by atoms with Gasteiger partial charge in [0.15, 0.2) is 0 Å².